The van der Waals surface area contributed by atoms with E-state index < -0.39 is 0 Å². The number of thiophene rings is 1. The fraction of sp³-hybridized carbons (Fsp3) is 0.435. The van der Waals surface area contributed by atoms with Crippen molar-refractivity contribution in [3.63, 3.8) is 0 Å². The van der Waals surface area contributed by atoms with Crippen LogP contribution in [0.15, 0.2) is 33.5 Å². The molecular formula is C23H27N3O3S2. The Hall–Kier alpha value is -2.16. The Bertz CT molecular complexity index is 1180. The van der Waals surface area contributed by atoms with Gasteiger partial charge in [-0.05, 0) is 37.0 Å². The van der Waals surface area contributed by atoms with Crippen molar-refractivity contribution in [3.8, 4) is 11.1 Å². The first-order valence-corrected chi connectivity index (χ1v) is 12.3. The third-order valence-corrected chi connectivity index (χ3v) is 7.75. The molecule has 164 valence electrons. The third-order valence-electron chi connectivity index (χ3n) is 5.86. The number of benzene rings is 1. The maximum atomic E-state index is 13.2. The maximum Gasteiger partial charge on any atom is 0.263 e. The number of thioether (sulfide) groups is 1. The highest BCUT2D eigenvalue weighted by Gasteiger charge is 2.24. The number of fused-ring (bicyclic) bond motifs is 1. The van der Waals surface area contributed by atoms with Crippen molar-refractivity contribution < 1.29 is 9.53 Å². The number of hydrogen-bond donors (Lipinski definition) is 0. The molecule has 0 spiro atoms. The van der Waals surface area contributed by atoms with E-state index >= 15 is 0 Å². The van der Waals surface area contributed by atoms with E-state index in [9.17, 15) is 9.59 Å². The average Bonchev–Trinajstić information content (AvgIpc) is 3.21. The van der Waals surface area contributed by atoms with E-state index in [0.29, 0.717) is 35.1 Å². The molecule has 1 amide bonds. The molecule has 1 atom stereocenters. The second-order valence-corrected chi connectivity index (χ2v) is 9.72. The Morgan fingerprint density at radius 3 is 2.87 bits per heavy atom. The molecule has 8 heteroatoms. The summed E-state index contributed by atoms with van der Waals surface area (Å²) < 4.78 is 7.21. The lowest BCUT2D eigenvalue weighted by atomic mass is 10.0. The topological polar surface area (TPSA) is 64.4 Å². The standard InChI is InChI=1S/C23H27N3O3S2/c1-5-17-11-26(8-9-29-17)19(27)13-31-23-24-21-20(22(28)25(23)4)18(12-30-21)16-7-6-14(2)15(3)10-16/h6-7,10,12,17H,5,8-9,11,13H2,1-4H3. The molecule has 3 aromatic rings. The first-order valence-electron chi connectivity index (χ1n) is 10.5. The Labute approximate surface area is 190 Å². The van der Waals surface area contributed by atoms with E-state index in [-0.39, 0.29) is 23.3 Å². The number of carbonyl (C=O) groups excluding carboxylic acids is 1. The van der Waals surface area contributed by atoms with Gasteiger partial charge in [-0.3, -0.25) is 14.2 Å². The zero-order chi connectivity index (χ0) is 22.1. The molecule has 3 heterocycles. The SMILES string of the molecule is CCC1CN(C(=O)CSc2nc3scc(-c4ccc(C)c(C)c4)c3c(=O)n2C)CCO1. The molecule has 0 N–H and O–H groups in total. The monoisotopic (exact) mass is 457 g/mol. The van der Waals surface area contributed by atoms with Gasteiger partial charge in [0, 0.05) is 31.1 Å². The van der Waals surface area contributed by atoms with Gasteiger partial charge < -0.3 is 9.64 Å². The van der Waals surface area contributed by atoms with Crippen LogP contribution in [0.1, 0.15) is 24.5 Å². The minimum atomic E-state index is -0.0770. The zero-order valence-corrected chi connectivity index (χ0v) is 19.9. The van der Waals surface area contributed by atoms with E-state index in [1.807, 2.05) is 10.3 Å². The number of amides is 1. The van der Waals surface area contributed by atoms with Crippen LogP contribution >= 0.6 is 23.1 Å². The number of aromatic nitrogens is 2. The highest BCUT2D eigenvalue weighted by atomic mass is 32.2. The molecule has 1 aromatic carbocycles. The van der Waals surface area contributed by atoms with Crippen LogP contribution in [-0.2, 0) is 16.6 Å². The van der Waals surface area contributed by atoms with Gasteiger partial charge in [-0.25, -0.2) is 4.98 Å². The van der Waals surface area contributed by atoms with Crippen molar-refractivity contribution in [2.75, 3.05) is 25.4 Å². The summed E-state index contributed by atoms with van der Waals surface area (Å²) in [5.74, 6) is 0.320. The molecule has 2 aromatic heterocycles. The minimum Gasteiger partial charge on any atom is -0.375 e. The van der Waals surface area contributed by atoms with Crippen molar-refractivity contribution in [3.05, 3.63) is 45.1 Å². The van der Waals surface area contributed by atoms with Gasteiger partial charge in [-0.15, -0.1) is 11.3 Å². The first kappa shape index (κ1) is 22.0. The average molecular weight is 458 g/mol. The van der Waals surface area contributed by atoms with E-state index in [4.69, 9.17) is 9.72 Å². The van der Waals surface area contributed by atoms with E-state index in [1.165, 1.54) is 34.2 Å². The number of rotatable bonds is 5. The van der Waals surface area contributed by atoms with Crippen LogP contribution in [0.2, 0.25) is 0 Å². The van der Waals surface area contributed by atoms with Crippen molar-refractivity contribution >= 4 is 39.2 Å². The van der Waals surface area contributed by atoms with Crippen LogP contribution in [0.5, 0.6) is 0 Å². The molecule has 31 heavy (non-hydrogen) atoms. The van der Waals surface area contributed by atoms with Gasteiger partial charge >= 0.3 is 0 Å². The highest BCUT2D eigenvalue weighted by molar-refractivity contribution is 7.99. The summed E-state index contributed by atoms with van der Waals surface area (Å²) in [5, 5.41) is 3.21. The van der Waals surface area contributed by atoms with E-state index in [0.717, 1.165) is 17.5 Å². The Balaban J connectivity index is 1.58. The molecule has 1 fully saturated rings. The molecule has 1 unspecified atom stereocenters. The van der Waals surface area contributed by atoms with Gasteiger partial charge in [-0.2, -0.15) is 0 Å². The summed E-state index contributed by atoms with van der Waals surface area (Å²) in [6.07, 6.45) is 1.00. The lowest BCUT2D eigenvalue weighted by Gasteiger charge is -2.32. The fourth-order valence-corrected chi connectivity index (χ4v) is 5.58. The van der Waals surface area contributed by atoms with Crippen LogP contribution in [-0.4, -0.2) is 51.9 Å². The van der Waals surface area contributed by atoms with Crippen LogP contribution < -0.4 is 5.56 Å². The molecule has 1 saturated heterocycles. The number of carbonyl (C=O) groups is 1. The summed E-state index contributed by atoms with van der Waals surface area (Å²) >= 11 is 2.79. The van der Waals surface area contributed by atoms with Gasteiger partial charge in [0.15, 0.2) is 5.16 Å². The predicted molar refractivity (Wildman–Crippen MR) is 127 cm³/mol. The zero-order valence-electron chi connectivity index (χ0n) is 18.3. The summed E-state index contributed by atoms with van der Waals surface area (Å²) in [4.78, 5) is 33.1. The van der Waals surface area contributed by atoms with Crippen molar-refractivity contribution in [1.82, 2.24) is 14.5 Å². The molecule has 0 radical (unpaired) electrons. The normalized spacial score (nSPS) is 16.8. The van der Waals surface area contributed by atoms with E-state index in [1.54, 1.807) is 11.6 Å². The van der Waals surface area contributed by atoms with Crippen molar-refractivity contribution in [1.29, 1.82) is 0 Å². The summed E-state index contributed by atoms with van der Waals surface area (Å²) in [5.41, 5.74) is 4.29. The number of morpholine rings is 1. The Morgan fingerprint density at radius 1 is 1.32 bits per heavy atom. The lowest BCUT2D eigenvalue weighted by molar-refractivity contribution is -0.135. The predicted octanol–water partition coefficient (Wildman–Crippen LogP) is 4.01. The van der Waals surface area contributed by atoms with Crippen molar-refractivity contribution in [2.45, 2.75) is 38.5 Å². The van der Waals surface area contributed by atoms with Crippen LogP contribution in [0.4, 0.5) is 0 Å². The molecule has 0 bridgehead atoms. The highest BCUT2D eigenvalue weighted by Crippen LogP contribution is 2.33. The third kappa shape index (κ3) is 4.42. The van der Waals surface area contributed by atoms with Gasteiger partial charge in [0.25, 0.3) is 5.56 Å². The summed E-state index contributed by atoms with van der Waals surface area (Å²) in [7, 11) is 1.73. The van der Waals surface area contributed by atoms with Crippen LogP contribution in [0.25, 0.3) is 21.3 Å². The molecule has 1 aliphatic heterocycles. The molecule has 1 aliphatic rings. The van der Waals surface area contributed by atoms with Gasteiger partial charge in [0.1, 0.15) is 4.83 Å². The van der Waals surface area contributed by atoms with Gasteiger partial charge in [0.05, 0.1) is 23.8 Å². The molecule has 0 saturated carbocycles. The number of hydrogen-bond acceptors (Lipinski definition) is 6. The summed E-state index contributed by atoms with van der Waals surface area (Å²) in [6, 6.07) is 6.25. The molecule has 0 aliphatic carbocycles. The van der Waals surface area contributed by atoms with E-state index in [2.05, 4.69) is 39.0 Å². The van der Waals surface area contributed by atoms with Gasteiger partial charge in [-0.1, -0.05) is 36.9 Å². The molecular weight excluding hydrogens is 430 g/mol. The molecule has 4 rings (SSSR count). The second-order valence-electron chi connectivity index (χ2n) is 7.92. The smallest absolute Gasteiger partial charge is 0.263 e. The number of aryl methyl sites for hydroxylation is 2. The van der Waals surface area contributed by atoms with Crippen LogP contribution in [0, 0.1) is 13.8 Å². The quantitative estimate of drug-likeness (QED) is 0.428. The lowest BCUT2D eigenvalue weighted by Crippen LogP contribution is -2.46. The van der Waals surface area contributed by atoms with Gasteiger partial charge in [0.2, 0.25) is 5.91 Å². The fourth-order valence-electron chi connectivity index (χ4n) is 3.71. The molecule has 6 nitrogen and oxygen atoms in total. The minimum absolute atomic E-state index is 0.0584. The maximum absolute atomic E-state index is 13.2. The Kier molecular flexibility index (Phi) is 6.50. The van der Waals surface area contributed by atoms with Crippen LogP contribution in [0.3, 0.4) is 0 Å². The Morgan fingerprint density at radius 2 is 2.13 bits per heavy atom. The second kappa shape index (κ2) is 9.14. The number of nitrogens with zero attached hydrogens (tertiary/aromatic N) is 3. The summed E-state index contributed by atoms with van der Waals surface area (Å²) in [6.45, 7) is 8.04. The largest absolute Gasteiger partial charge is 0.375 e. The first-order chi connectivity index (χ1) is 14.9. The van der Waals surface area contributed by atoms with Crippen molar-refractivity contribution in [2.24, 2.45) is 7.05 Å². The number of ether oxygens (including phenoxy) is 1.